The number of hydrogen-bond acceptors (Lipinski definition) is 3. The summed E-state index contributed by atoms with van der Waals surface area (Å²) in [4.78, 5) is 3.78. The van der Waals surface area contributed by atoms with Gasteiger partial charge in [0.25, 0.3) is 0 Å². The Hall–Kier alpha value is -1.84. The Morgan fingerprint density at radius 3 is 2.62 bits per heavy atom. The quantitative estimate of drug-likeness (QED) is 0.708. The Morgan fingerprint density at radius 2 is 2.08 bits per heavy atom. The molecule has 13 heavy (non-hydrogen) atoms. The number of pyridine rings is 1. The van der Waals surface area contributed by atoms with Crippen molar-refractivity contribution in [3.63, 3.8) is 0 Å². The molecule has 0 aliphatic carbocycles. The first-order valence-corrected chi connectivity index (χ1v) is 3.90. The first-order chi connectivity index (χ1) is 6.25. The third kappa shape index (κ3) is 1.51. The minimum absolute atomic E-state index is 0.0349. The summed E-state index contributed by atoms with van der Waals surface area (Å²) in [5, 5.41) is 13.0. The highest BCUT2D eigenvalue weighted by atomic mass is 16.3. The Kier molecular flexibility index (Phi) is 1.73. The van der Waals surface area contributed by atoms with Crippen LogP contribution in [-0.2, 0) is 7.05 Å². The minimum Gasteiger partial charge on any atom is -0.493 e. The standard InChI is InChI=1S/C9H9N3O/c1-12-6-8(5-11-12)7-2-3-9(13)10-4-7/h2-6H,1H3,(H,10,13). The molecule has 0 saturated heterocycles. The SMILES string of the molecule is Cn1cc(-c2ccc(O)nc2)cn1. The lowest BCUT2D eigenvalue weighted by Crippen LogP contribution is -1.84. The monoisotopic (exact) mass is 175 g/mol. The predicted molar refractivity (Wildman–Crippen MR) is 48.1 cm³/mol. The molecular weight excluding hydrogens is 166 g/mol. The van der Waals surface area contributed by atoms with Crippen LogP contribution >= 0.6 is 0 Å². The Morgan fingerprint density at radius 1 is 1.23 bits per heavy atom. The van der Waals surface area contributed by atoms with Gasteiger partial charge in [-0.2, -0.15) is 5.10 Å². The number of aromatic hydroxyl groups is 1. The van der Waals surface area contributed by atoms with E-state index in [0.29, 0.717) is 0 Å². The number of rotatable bonds is 1. The van der Waals surface area contributed by atoms with Crippen LogP contribution in [0.4, 0.5) is 0 Å². The van der Waals surface area contributed by atoms with E-state index in [2.05, 4.69) is 10.1 Å². The molecule has 0 aliphatic rings. The van der Waals surface area contributed by atoms with Crippen molar-refractivity contribution in [1.29, 1.82) is 0 Å². The van der Waals surface area contributed by atoms with E-state index in [-0.39, 0.29) is 5.88 Å². The summed E-state index contributed by atoms with van der Waals surface area (Å²) in [5.41, 5.74) is 1.95. The van der Waals surface area contributed by atoms with Gasteiger partial charge in [-0.05, 0) is 6.07 Å². The van der Waals surface area contributed by atoms with Crippen molar-refractivity contribution in [2.24, 2.45) is 7.05 Å². The van der Waals surface area contributed by atoms with Crippen molar-refractivity contribution in [3.8, 4) is 17.0 Å². The highest BCUT2D eigenvalue weighted by Crippen LogP contribution is 2.18. The topological polar surface area (TPSA) is 50.9 Å². The predicted octanol–water partition coefficient (Wildman–Crippen LogP) is 1.19. The molecule has 2 heterocycles. The molecule has 0 amide bonds. The summed E-state index contributed by atoms with van der Waals surface area (Å²) in [6.07, 6.45) is 5.27. The van der Waals surface area contributed by atoms with Gasteiger partial charge in [0.05, 0.1) is 6.20 Å². The highest BCUT2D eigenvalue weighted by Gasteiger charge is 1.99. The van der Waals surface area contributed by atoms with Gasteiger partial charge < -0.3 is 5.11 Å². The summed E-state index contributed by atoms with van der Waals surface area (Å²) in [6, 6.07) is 3.36. The van der Waals surface area contributed by atoms with Gasteiger partial charge in [-0.25, -0.2) is 4.98 Å². The summed E-state index contributed by atoms with van der Waals surface area (Å²) < 4.78 is 1.72. The van der Waals surface area contributed by atoms with Crippen LogP contribution in [0.1, 0.15) is 0 Å². The molecule has 0 bridgehead atoms. The maximum absolute atomic E-state index is 8.98. The fourth-order valence-electron chi connectivity index (χ4n) is 1.13. The molecule has 4 nitrogen and oxygen atoms in total. The number of nitrogens with zero attached hydrogens (tertiary/aromatic N) is 3. The molecule has 0 unspecified atom stereocenters. The molecule has 0 fully saturated rings. The third-order valence-corrected chi connectivity index (χ3v) is 1.79. The minimum atomic E-state index is 0.0349. The summed E-state index contributed by atoms with van der Waals surface area (Å²) in [5.74, 6) is 0.0349. The van der Waals surface area contributed by atoms with Crippen molar-refractivity contribution >= 4 is 0 Å². The van der Waals surface area contributed by atoms with Crippen molar-refractivity contribution in [1.82, 2.24) is 14.8 Å². The van der Waals surface area contributed by atoms with Gasteiger partial charge in [0.15, 0.2) is 0 Å². The van der Waals surface area contributed by atoms with Crippen molar-refractivity contribution in [2.45, 2.75) is 0 Å². The van der Waals surface area contributed by atoms with E-state index < -0.39 is 0 Å². The Labute approximate surface area is 75.5 Å². The first kappa shape index (κ1) is 7.79. The third-order valence-electron chi connectivity index (χ3n) is 1.79. The van der Waals surface area contributed by atoms with Crippen molar-refractivity contribution < 1.29 is 5.11 Å². The Bertz CT molecular complexity index is 405. The molecule has 2 aromatic heterocycles. The molecule has 0 radical (unpaired) electrons. The zero-order chi connectivity index (χ0) is 9.26. The molecule has 4 heteroatoms. The van der Waals surface area contributed by atoms with E-state index in [1.54, 1.807) is 29.2 Å². The van der Waals surface area contributed by atoms with Crippen LogP contribution < -0.4 is 0 Å². The number of aryl methyl sites for hydroxylation is 1. The van der Waals surface area contributed by atoms with Crippen LogP contribution in [0, 0.1) is 0 Å². The lowest BCUT2D eigenvalue weighted by molar-refractivity contribution is 0.453. The van der Waals surface area contributed by atoms with Crippen LogP contribution in [0.3, 0.4) is 0 Å². The van der Waals surface area contributed by atoms with Gasteiger partial charge in [0, 0.05) is 36.6 Å². The van der Waals surface area contributed by atoms with E-state index >= 15 is 0 Å². The normalized spacial score (nSPS) is 10.2. The van der Waals surface area contributed by atoms with E-state index in [9.17, 15) is 0 Å². The summed E-state index contributed by atoms with van der Waals surface area (Å²) in [7, 11) is 1.86. The van der Waals surface area contributed by atoms with Gasteiger partial charge in [-0.1, -0.05) is 0 Å². The lowest BCUT2D eigenvalue weighted by Gasteiger charge is -1.95. The van der Waals surface area contributed by atoms with Crippen molar-refractivity contribution in [2.75, 3.05) is 0 Å². The van der Waals surface area contributed by atoms with Gasteiger partial charge in [0.1, 0.15) is 0 Å². The highest BCUT2D eigenvalue weighted by molar-refractivity contribution is 5.60. The second-order valence-corrected chi connectivity index (χ2v) is 2.81. The largest absolute Gasteiger partial charge is 0.493 e. The fraction of sp³-hybridized carbons (Fsp3) is 0.111. The summed E-state index contributed by atoms with van der Waals surface area (Å²) >= 11 is 0. The number of aromatic nitrogens is 3. The lowest BCUT2D eigenvalue weighted by atomic mass is 10.2. The fourth-order valence-corrected chi connectivity index (χ4v) is 1.13. The van der Waals surface area contributed by atoms with Crippen LogP contribution in [0.5, 0.6) is 5.88 Å². The maximum Gasteiger partial charge on any atom is 0.210 e. The first-order valence-electron chi connectivity index (χ1n) is 3.90. The molecule has 0 aliphatic heterocycles. The maximum atomic E-state index is 8.98. The molecular formula is C9H9N3O. The molecule has 0 spiro atoms. The van der Waals surface area contributed by atoms with Gasteiger partial charge >= 0.3 is 0 Å². The molecule has 0 atom stereocenters. The zero-order valence-corrected chi connectivity index (χ0v) is 7.18. The molecule has 0 saturated carbocycles. The van der Waals surface area contributed by atoms with Crippen LogP contribution in [0.25, 0.3) is 11.1 Å². The zero-order valence-electron chi connectivity index (χ0n) is 7.18. The smallest absolute Gasteiger partial charge is 0.210 e. The van der Waals surface area contributed by atoms with Gasteiger partial charge in [-0.15, -0.1) is 0 Å². The number of hydrogen-bond donors (Lipinski definition) is 1. The average Bonchev–Trinajstić information content (AvgIpc) is 2.53. The van der Waals surface area contributed by atoms with Crippen LogP contribution in [-0.4, -0.2) is 19.9 Å². The van der Waals surface area contributed by atoms with Crippen LogP contribution in [0.2, 0.25) is 0 Å². The Balaban J connectivity index is 2.41. The average molecular weight is 175 g/mol. The molecule has 2 rings (SSSR count). The second-order valence-electron chi connectivity index (χ2n) is 2.81. The van der Waals surface area contributed by atoms with Crippen molar-refractivity contribution in [3.05, 3.63) is 30.7 Å². The second kappa shape index (κ2) is 2.90. The molecule has 66 valence electrons. The molecule has 2 aromatic rings. The van der Waals surface area contributed by atoms with Gasteiger partial charge in [-0.3, -0.25) is 4.68 Å². The molecule has 1 N–H and O–H groups in total. The van der Waals surface area contributed by atoms with Crippen LogP contribution in [0.15, 0.2) is 30.7 Å². The summed E-state index contributed by atoms with van der Waals surface area (Å²) in [6.45, 7) is 0. The molecule has 0 aromatic carbocycles. The van der Waals surface area contributed by atoms with E-state index in [1.165, 1.54) is 0 Å². The van der Waals surface area contributed by atoms with E-state index in [0.717, 1.165) is 11.1 Å². The van der Waals surface area contributed by atoms with E-state index in [1.807, 2.05) is 13.2 Å². The van der Waals surface area contributed by atoms with E-state index in [4.69, 9.17) is 5.11 Å². The van der Waals surface area contributed by atoms with Gasteiger partial charge in [0.2, 0.25) is 5.88 Å².